The molecule has 1 amide bonds. The standard InChI is InChI=1S/C15H14FNO4/c1-20-10-6-9(7-11(8-10)21-2)17-15(19)14-12(16)4-3-5-13(14)18/h3-8,18H,1-2H3,(H,17,19). The third-order valence-corrected chi connectivity index (χ3v) is 2.83. The molecule has 0 saturated carbocycles. The molecule has 0 unspecified atom stereocenters. The van der Waals surface area contributed by atoms with Gasteiger partial charge in [0.15, 0.2) is 0 Å². The van der Waals surface area contributed by atoms with E-state index < -0.39 is 23.0 Å². The number of hydrogen-bond donors (Lipinski definition) is 2. The first kappa shape index (κ1) is 14.6. The third kappa shape index (κ3) is 3.22. The van der Waals surface area contributed by atoms with Crippen molar-refractivity contribution in [3.8, 4) is 17.2 Å². The van der Waals surface area contributed by atoms with Crippen LogP contribution in [0.2, 0.25) is 0 Å². The second-order valence-electron chi connectivity index (χ2n) is 4.19. The molecule has 2 aromatic rings. The van der Waals surface area contributed by atoms with E-state index in [9.17, 15) is 14.3 Å². The normalized spacial score (nSPS) is 10.0. The van der Waals surface area contributed by atoms with Crippen LogP contribution in [0, 0.1) is 5.82 Å². The molecule has 0 atom stereocenters. The minimum absolute atomic E-state index is 0.360. The van der Waals surface area contributed by atoms with Gasteiger partial charge in [-0.1, -0.05) is 6.07 Å². The zero-order valence-corrected chi connectivity index (χ0v) is 11.5. The van der Waals surface area contributed by atoms with Gasteiger partial charge in [-0.15, -0.1) is 0 Å². The number of methoxy groups -OCH3 is 2. The predicted molar refractivity (Wildman–Crippen MR) is 75.6 cm³/mol. The van der Waals surface area contributed by atoms with Crippen LogP contribution in [0.25, 0.3) is 0 Å². The fourth-order valence-electron chi connectivity index (χ4n) is 1.81. The number of aromatic hydroxyl groups is 1. The van der Waals surface area contributed by atoms with E-state index in [-0.39, 0.29) is 0 Å². The van der Waals surface area contributed by atoms with Gasteiger partial charge in [-0.05, 0) is 12.1 Å². The van der Waals surface area contributed by atoms with E-state index >= 15 is 0 Å². The Hall–Kier alpha value is -2.76. The second kappa shape index (κ2) is 6.13. The summed E-state index contributed by atoms with van der Waals surface area (Å²) in [4.78, 5) is 12.1. The number of halogens is 1. The Balaban J connectivity index is 2.31. The molecule has 0 aliphatic carbocycles. The maximum absolute atomic E-state index is 13.6. The van der Waals surface area contributed by atoms with Crippen LogP contribution in [0.4, 0.5) is 10.1 Å². The van der Waals surface area contributed by atoms with Crippen LogP contribution in [-0.2, 0) is 0 Å². The first-order chi connectivity index (χ1) is 10.0. The Labute approximate surface area is 120 Å². The summed E-state index contributed by atoms with van der Waals surface area (Å²) in [6, 6.07) is 8.40. The van der Waals surface area contributed by atoms with Crippen molar-refractivity contribution >= 4 is 11.6 Å². The molecule has 2 rings (SSSR count). The highest BCUT2D eigenvalue weighted by atomic mass is 19.1. The number of ether oxygens (including phenoxy) is 2. The van der Waals surface area contributed by atoms with Crippen LogP contribution in [0.5, 0.6) is 17.2 Å². The van der Waals surface area contributed by atoms with Crippen molar-refractivity contribution in [1.82, 2.24) is 0 Å². The topological polar surface area (TPSA) is 67.8 Å². The van der Waals surface area contributed by atoms with Gasteiger partial charge in [-0.2, -0.15) is 0 Å². The summed E-state index contributed by atoms with van der Waals surface area (Å²) in [5, 5.41) is 12.1. The number of benzene rings is 2. The van der Waals surface area contributed by atoms with Crippen molar-refractivity contribution < 1.29 is 23.8 Å². The number of rotatable bonds is 4. The molecule has 0 aliphatic rings. The van der Waals surface area contributed by atoms with Gasteiger partial charge in [0, 0.05) is 23.9 Å². The summed E-state index contributed by atoms with van der Waals surface area (Å²) < 4.78 is 23.8. The van der Waals surface area contributed by atoms with Crippen molar-refractivity contribution in [2.45, 2.75) is 0 Å². The molecular weight excluding hydrogens is 277 g/mol. The van der Waals surface area contributed by atoms with Gasteiger partial charge in [0.05, 0.1) is 14.2 Å². The number of carbonyl (C=O) groups is 1. The van der Waals surface area contributed by atoms with Crippen LogP contribution < -0.4 is 14.8 Å². The van der Waals surface area contributed by atoms with Crippen LogP contribution in [0.15, 0.2) is 36.4 Å². The van der Waals surface area contributed by atoms with Crippen LogP contribution >= 0.6 is 0 Å². The molecule has 110 valence electrons. The van der Waals surface area contributed by atoms with Gasteiger partial charge >= 0.3 is 0 Å². The summed E-state index contributed by atoms with van der Waals surface area (Å²) >= 11 is 0. The molecule has 0 aliphatic heterocycles. The molecule has 0 fully saturated rings. The summed E-state index contributed by atoms with van der Waals surface area (Å²) in [6.07, 6.45) is 0. The van der Waals surface area contributed by atoms with Crippen LogP contribution in [-0.4, -0.2) is 25.2 Å². The van der Waals surface area contributed by atoms with Crippen molar-refractivity contribution in [3.05, 3.63) is 47.8 Å². The lowest BCUT2D eigenvalue weighted by Crippen LogP contribution is -2.14. The Kier molecular flexibility index (Phi) is 4.27. The molecule has 0 spiro atoms. The smallest absolute Gasteiger partial charge is 0.262 e. The number of phenolic OH excluding ortho intramolecular Hbond substituents is 1. The molecule has 0 radical (unpaired) electrons. The number of nitrogens with one attached hydrogen (secondary N) is 1. The molecule has 0 saturated heterocycles. The molecule has 6 heteroatoms. The van der Waals surface area contributed by atoms with E-state index in [1.807, 2.05) is 0 Å². The highest BCUT2D eigenvalue weighted by Crippen LogP contribution is 2.27. The lowest BCUT2D eigenvalue weighted by Gasteiger charge is -2.11. The highest BCUT2D eigenvalue weighted by molar-refractivity contribution is 6.06. The summed E-state index contributed by atoms with van der Waals surface area (Å²) in [7, 11) is 2.95. The average molecular weight is 291 g/mol. The Morgan fingerprint density at radius 1 is 1.14 bits per heavy atom. The second-order valence-corrected chi connectivity index (χ2v) is 4.19. The summed E-state index contributed by atoms with van der Waals surface area (Å²) in [5.41, 5.74) is -0.0573. The van der Waals surface area contributed by atoms with Gasteiger partial charge in [0.25, 0.3) is 5.91 Å². The SMILES string of the molecule is COc1cc(NC(=O)c2c(O)cccc2F)cc(OC)c1. The van der Waals surface area contributed by atoms with Gasteiger partial charge in [-0.25, -0.2) is 4.39 Å². The minimum Gasteiger partial charge on any atom is -0.507 e. The number of carbonyl (C=O) groups excluding carboxylic acids is 1. The Morgan fingerprint density at radius 2 is 1.76 bits per heavy atom. The van der Waals surface area contributed by atoms with Crippen molar-refractivity contribution in [3.63, 3.8) is 0 Å². The van der Waals surface area contributed by atoms with E-state index in [0.717, 1.165) is 6.07 Å². The molecule has 0 aromatic heterocycles. The van der Waals surface area contributed by atoms with Crippen LogP contribution in [0.3, 0.4) is 0 Å². The first-order valence-electron chi connectivity index (χ1n) is 6.07. The number of hydrogen-bond acceptors (Lipinski definition) is 4. The van der Waals surface area contributed by atoms with Crippen molar-refractivity contribution in [2.24, 2.45) is 0 Å². The molecule has 2 aromatic carbocycles. The molecule has 0 heterocycles. The van der Waals surface area contributed by atoms with E-state index in [1.165, 1.54) is 26.4 Å². The van der Waals surface area contributed by atoms with Crippen LogP contribution in [0.1, 0.15) is 10.4 Å². The van der Waals surface area contributed by atoms with Gasteiger partial charge in [0.2, 0.25) is 0 Å². The Morgan fingerprint density at radius 3 is 2.29 bits per heavy atom. The summed E-state index contributed by atoms with van der Waals surface area (Å²) in [5.74, 6) is -1.05. The largest absolute Gasteiger partial charge is 0.507 e. The van der Waals surface area contributed by atoms with Gasteiger partial charge in [0.1, 0.15) is 28.6 Å². The minimum atomic E-state index is -0.803. The lowest BCUT2D eigenvalue weighted by molar-refractivity contribution is 0.102. The number of amides is 1. The number of anilines is 1. The predicted octanol–water partition coefficient (Wildman–Crippen LogP) is 2.80. The zero-order chi connectivity index (χ0) is 15.4. The number of phenols is 1. The van der Waals surface area contributed by atoms with Gasteiger partial charge < -0.3 is 19.9 Å². The Bertz CT molecular complexity index is 630. The fourth-order valence-corrected chi connectivity index (χ4v) is 1.81. The molecule has 0 bridgehead atoms. The van der Waals surface area contributed by atoms with E-state index in [2.05, 4.69) is 5.32 Å². The first-order valence-corrected chi connectivity index (χ1v) is 6.07. The molecule has 21 heavy (non-hydrogen) atoms. The quantitative estimate of drug-likeness (QED) is 0.909. The molecular formula is C15H14FNO4. The van der Waals surface area contributed by atoms with Gasteiger partial charge in [-0.3, -0.25) is 4.79 Å². The maximum atomic E-state index is 13.6. The van der Waals surface area contributed by atoms with Crippen molar-refractivity contribution in [2.75, 3.05) is 19.5 Å². The van der Waals surface area contributed by atoms with E-state index in [1.54, 1.807) is 18.2 Å². The average Bonchev–Trinajstić information content (AvgIpc) is 2.46. The van der Waals surface area contributed by atoms with Crippen molar-refractivity contribution in [1.29, 1.82) is 0 Å². The maximum Gasteiger partial charge on any atom is 0.262 e. The lowest BCUT2D eigenvalue weighted by atomic mass is 10.1. The van der Waals surface area contributed by atoms with E-state index in [0.29, 0.717) is 17.2 Å². The highest BCUT2D eigenvalue weighted by Gasteiger charge is 2.17. The monoisotopic (exact) mass is 291 g/mol. The molecule has 5 nitrogen and oxygen atoms in total. The summed E-state index contributed by atoms with van der Waals surface area (Å²) in [6.45, 7) is 0. The van der Waals surface area contributed by atoms with E-state index in [4.69, 9.17) is 9.47 Å². The third-order valence-electron chi connectivity index (χ3n) is 2.83. The zero-order valence-electron chi connectivity index (χ0n) is 11.5. The molecule has 2 N–H and O–H groups in total. The fraction of sp³-hybridized carbons (Fsp3) is 0.133.